The Kier molecular flexibility index (Phi) is 6.28. The van der Waals surface area contributed by atoms with Crippen molar-refractivity contribution in [2.24, 2.45) is 13.0 Å². The third-order valence-electron chi connectivity index (χ3n) is 5.53. The summed E-state index contributed by atoms with van der Waals surface area (Å²) in [5.74, 6) is 1.38. The Morgan fingerprint density at radius 3 is 2.31 bits per heavy atom. The van der Waals surface area contributed by atoms with Gasteiger partial charge in [0.1, 0.15) is 5.82 Å². The molecule has 0 amide bonds. The largest absolute Gasteiger partial charge is 0.336 e. The van der Waals surface area contributed by atoms with Gasteiger partial charge >= 0.3 is 0 Å². The van der Waals surface area contributed by atoms with E-state index in [0.29, 0.717) is 32.5 Å². The normalized spacial score (nSPS) is 16.8. The van der Waals surface area contributed by atoms with Crippen LogP contribution in [0.25, 0.3) is 0 Å². The fourth-order valence-corrected chi connectivity index (χ4v) is 5.20. The minimum Gasteiger partial charge on any atom is -0.336 e. The monoisotopic (exact) mass is 421 g/mol. The lowest BCUT2D eigenvalue weighted by molar-refractivity contribution is 0.250. The van der Waals surface area contributed by atoms with Gasteiger partial charge in [0.2, 0.25) is 0 Å². The minimum atomic E-state index is -3.60. The Hall–Kier alpha value is -2.00. The summed E-state index contributed by atoms with van der Waals surface area (Å²) >= 11 is 0. The van der Waals surface area contributed by atoms with E-state index in [1.54, 1.807) is 27.7 Å². The maximum Gasteiger partial charge on any atom is 0.262 e. The zero-order chi connectivity index (χ0) is 21.3. The van der Waals surface area contributed by atoms with Crippen molar-refractivity contribution in [2.45, 2.75) is 63.9 Å². The molecule has 29 heavy (non-hydrogen) atoms. The highest BCUT2D eigenvalue weighted by Crippen LogP contribution is 2.25. The molecule has 0 atom stereocenters. The number of hydrogen-bond donors (Lipinski definition) is 0. The van der Waals surface area contributed by atoms with Crippen LogP contribution in [-0.4, -0.2) is 44.9 Å². The van der Waals surface area contributed by atoms with Crippen molar-refractivity contribution in [3.05, 3.63) is 40.5 Å². The molecule has 3 heterocycles. The van der Waals surface area contributed by atoms with Gasteiger partial charge in [0, 0.05) is 44.9 Å². The van der Waals surface area contributed by atoms with Crippen LogP contribution in [-0.2, 0) is 23.6 Å². The Bertz CT molecular complexity index is 1010. The molecule has 0 aliphatic carbocycles. The van der Waals surface area contributed by atoms with Gasteiger partial charge in [0.05, 0.1) is 12.0 Å². The molecule has 1 aliphatic heterocycles. The van der Waals surface area contributed by atoms with Crippen molar-refractivity contribution in [3.63, 3.8) is 0 Å². The first kappa shape index (κ1) is 21.7. The van der Waals surface area contributed by atoms with Crippen molar-refractivity contribution in [3.8, 4) is 0 Å². The first-order valence-corrected chi connectivity index (χ1v) is 11.6. The smallest absolute Gasteiger partial charge is 0.262 e. The van der Waals surface area contributed by atoms with Crippen molar-refractivity contribution < 1.29 is 8.42 Å². The molecule has 0 radical (unpaired) electrons. The van der Waals surface area contributed by atoms with Crippen molar-refractivity contribution in [2.75, 3.05) is 13.1 Å². The lowest BCUT2D eigenvalue weighted by Gasteiger charge is -2.30. The second-order valence-corrected chi connectivity index (χ2v) is 10.4. The quantitative estimate of drug-likeness (QED) is 0.714. The van der Waals surface area contributed by atoms with Crippen molar-refractivity contribution in [1.29, 1.82) is 0 Å². The molecule has 1 saturated heterocycles. The van der Waals surface area contributed by atoms with Gasteiger partial charge in [-0.1, -0.05) is 27.7 Å². The van der Waals surface area contributed by atoms with Crippen molar-refractivity contribution in [1.82, 2.24) is 23.4 Å². The SMILES string of the molecule is CC(C)c1cc(=O)n(CC2CCN(S(=O)(=O)c3cn(C)c(C(C)C)n3)CC2)cn1. The van der Waals surface area contributed by atoms with Gasteiger partial charge in [0.25, 0.3) is 15.6 Å². The van der Waals surface area contributed by atoms with Gasteiger partial charge in [-0.05, 0) is 24.7 Å². The Balaban J connectivity index is 1.66. The van der Waals surface area contributed by atoms with Crippen LogP contribution in [0.4, 0.5) is 0 Å². The molecule has 0 unspecified atom stereocenters. The predicted octanol–water partition coefficient (Wildman–Crippen LogP) is 2.32. The highest BCUT2D eigenvalue weighted by molar-refractivity contribution is 7.89. The van der Waals surface area contributed by atoms with E-state index in [9.17, 15) is 13.2 Å². The summed E-state index contributed by atoms with van der Waals surface area (Å²) in [5, 5.41) is 0.117. The first-order valence-electron chi connectivity index (χ1n) is 10.2. The number of rotatable bonds is 6. The molecule has 160 valence electrons. The fraction of sp³-hybridized carbons (Fsp3) is 0.650. The van der Waals surface area contributed by atoms with Gasteiger partial charge in [-0.25, -0.2) is 18.4 Å². The summed E-state index contributed by atoms with van der Waals surface area (Å²) in [4.78, 5) is 21.0. The number of hydrogen-bond acceptors (Lipinski definition) is 5. The van der Waals surface area contributed by atoms with Crippen LogP contribution in [0.15, 0.2) is 28.4 Å². The average Bonchev–Trinajstić information content (AvgIpc) is 3.06. The van der Waals surface area contributed by atoms with E-state index in [0.717, 1.165) is 11.5 Å². The van der Waals surface area contributed by atoms with E-state index in [4.69, 9.17) is 0 Å². The molecular weight excluding hydrogens is 390 g/mol. The molecule has 0 N–H and O–H groups in total. The predicted molar refractivity (Wildman–Crippen MR) is 111 cm³/mol. The number of aromatic nitrogens is 4. The van der Waals surface area contributed by atoms with E-state index in [-0.39, 0.29) is 28.3 Å². The molecule has 0 saturated carbocycles. The summed E-state index contributed by atoms with van der Waals surface area (Å²) in [6.45, 7) is 9.45. The Morgan fingerprint density at radius 1 is 1.14 bits per heavy atom. The molecule has 0 aromatic carbocycles. The fourth-order valence-electron chi connectivity index (χ4n) is 3.75. The summed E-state index contributed by atoms with van der Waals surface area (Å²) in [7, 11) is -1.77. The topological polar surface area (TPSA) is 90.1 Å². The minimum absolute atomic E-state index is 0.0477. The van der Waals surface area contributed by atoms with E-state index in [2.05, 4.69) is 9.97 Å². The molecular formula is C20H31N5O3S. The summed E-state index contributed by atoms with van der Waals surface area (Å²) in [6.07, 6.45) is 4.63. The highest BCUT2D eigenvalue weighted by Gasteiger charge is 2.32. The van der Waals surface area contributed by atoms with Gasteiger partial charge in [-0.2, -0.15) is 4.31 Å². The van der Waals surface area contributed by atoms with Gasteiger partial charge in [-0.15, -0.1) is 0 Å². The van der Waals surface area contributed by atoms with Crippen molar-refractivity contribution >= 4 is 10.0 Å². The molecule has 1 fully saturated rings. The Labute approximate surface area is 172 Å². The van der Waals surface area contributed by atoms with Crippen LogP contribution in [0.1, 0.15) is 63.9 Å². The summed E-state index contributed by atoms with van der Waals surface area (Å²) < 4.78 is 30.9. The molecule has 8 nitrogen and oxygen atoms in total. The third-order valence-corrected chi connectivity index (χ3v) is 7.30. The first-order chi connectivity index (χ1) is 13.6. The lowest BCUT2D eigenvalue weighted by atomic mass is 9.98. The maximum absolute atomic E-state index is 13.0. The third kappa shape index (κ3) is 4.61. The number of imidazole rings is 1. The number of nitrogens with zero attached hydrogens (tertiary/aromatic N) is 5. The van der Waals surface area contributed by atoms with Gasteiger partial charge < -0.3 is 4.57 Å². The van der Waals surface area contributed by atoms with Crippen LogP contribution < -0.4 is 5.56 Å². The molecule has 2 aromatic rings. The van der Waals surface area contributed by atoms with Crippen LogP contribution in [0.3, 0.4) is 0 Å². The zero-order valence-corrected chi connectivity index (χ0v) is 18.7. The second kappa shape index (κ2) is 8.39. The Morgan fingerprint density at radius 2 is 1.79 bits per heavy atom. The van der Waals surface area contributed by atoms with Crippen LogP contribution in [0.2, 0.25) is 0 Å². The van der Waals surface area contributed by atoms with Gasteiger partial charge in [0.15, 0.2) is 5.03 Å². The lowest BCUT2D eigenvalue weighted by Crippen LogP contribution is -2.40. The van der Waals surface area contributed by atoms with E-state index in [1.807, 2.05) is 34.7 Å². The number of piperidine rings is 1. The standard InChI is InChI=1S/C20H31N5O3S/c1-14(2)17-10-19(26)24(13-21-17)11-16-6-8-25(9-7-16)29(27,28)18-12-23(5)20(22-18)15(3)4/h10,12-16H,6-9,11H2,1-5H3. The van der Waals surface area contributed by atoms with Crippen LogP contribution >= 0.6 is 0 Å². The second-order valence-electron chi connectivity index (χ2n) is 8.51. The van der Waals surface area contributed by atoms with Gasteiger partial charge in [-0.3, -0.25) is 9.36 Å². The van der Waals surface area contributed by atoms with E-state index < -0.39 is 10.0 Å². The summed E-state index contributed by atoms with van der Waals surface area (Å²) in [5.41, 5.74) is 0.747. The molecule has 3 rings (SSSR count). The highest BCUT2D eigenvalue weighted by atomic mass is 32.2. The zero-order valence-electron chi connectivity index (χ0n) is 17.9. The number of aryl methyl sites for hydroxylation is 1. The average molecular weight is 422 g/mol. The van der Waals surface area contributed by atoms with E-state index in [1.165, 1.54) is 4.31 Å². The van der Waals surface area contributed by atoms with Crippen LogP contribution in [0.5, 0.6) is 0 Å². The van der Waals surface area contributed by atoms with Crippen LogP contribution in [0, 0.1) is 5.92 Å². The molecule has 9 heteroatoms. The summed E-state index contributed by atoms with van der Waals surface area (Å²) in [6, 6.07) is 1.59. The molecule has 0 bridgehead atoms. The number of sulfonamides is 1. The van der Waals surface area contributed by atoms with E-state index >= 15 is 0 Å². The molecule has 0 spiro atoms. The molecule has 2 aromatic heterocycles. The molecule has 1 aliphatic rings. The maximum atomic E-state index is 13.0.